The first kappa shape index (κ1) is 17.6. The van der Waals surface area contributed by atoms with Crippen LogP contribution in [0.5, 0.6) is 0 Å². The van der Waals surface area contributed by atoms with Crippen molar-refractivity contribution in [2.24, 2.45) is 0 Å². The molecule has 3 nitrogen and oxygen atoms in total. The Kier molecular flexibility index (Phi) is 7.06. The topological polar surface area (TPSA) is 46.5 Å². The van der Waals surface area contributed by atoms with Gasteiger partial charge in [-0.25, -0.2) is 0 Å². The molecule has 104 valence electrons. The number of unbranched alkanes of at least 4 members (excludes halogenated alkanes) is 1. The molecule has 1 N–H and O–H groups in total. The molecule has 0 unspecified atom stereocenters. The van der Waals surface area contributed by atoms with Crippen molar-refractivity contribution in [3.05, 3.63) is 0 Å². The monoisotopic (exact) mass is 294 g/mol. The maximum absolute atomic E-state index is 10.8. The van der Waals surface area contributed by atoms with E-state index < -0.39 is 22.0 Å². The third-order valence-electron chi connectivity index (χ3n) is 2.17. The lowest BCUT2D eigenvalue weighted by molar-refractivity contribution is -0.148. The fourth-order valence-electron chi connectivity index (χ4n) is 1.28. The highest BCUT2D eigenvalue weighted by atomic mass is 35.5. The molecular weight excluding hydrogens is 275 g/mol. The Balaban J connectivity index is 4.64. The first-order valence-electron chi connectivity index (χ1n) is 5.89. The molecule has 0 aromatic carbocycles. The number of alkyl halides is 2. The van der Waals surface area contributed by atoms with Crippen LogP contribution in [0.3, 0.4) is 0 Å². The largest absolute Gasteiger partial charge is 0.447 e. The van der Waals surface area contributed by atoms with Gasteiger partial charge in [-0.15, -0.1) is 0 Å². The molecule has 0 aromatic heterocycles. The van der Waals surface area contributed by atoms with Crippen LogP contribution >= 0.6 is 23.2 Å². The number of aliphatic hydroxyl groups is 1. The Labute approximate surface area is 119 Å². The molecular formula is C13H20Cl2O3. The molecule has 5 heteroatoms. The lowest BCUT2D eigenvalue weighted by Crippen LogP contribution is -2.31. The first-order chi connectivity index (χ1) is 8.10. The van der Waals surface area contributed by atoms with Gasteiger partial charge in [-0.2, -0.15) is 0 Å². The second-order valence-corrected chi connectivity index (χ2v) is 6.18. The van der Waals surface area contributed by atoms with Crippen LogP contribution in [0.4, 0.5) is 0 Å². The molecule has 0 aliphatic rings. The van der Waals surface area contributed by atoms with Crippen molar-refractivity contribution >= 4 is 29.2 Å². The van der Waals surface area contributed by atoms with Gasteiger partial charge in [-0.05, 0) is 20.3 Å². The van der Waals surface area contributed by atoms with Crippen LogP contribution in [-0.2, 0) is 9.53 Å². The molecule has 0 aromatic rings. The average molecular weight is 295 g/mol. The van der Waals surface area contributed by atoms with Crippen molar-refractivity contribution in [2.75, 3.05) is 0 Å². The average Bonchev–Trinajstić information content (AvgIpc) is 2.21. The third-order valence-corrected chi connectivity index (χ3v) is 2.96. The SMILES string of the molecule is CCCCC(Cl)(Cl)[C@H](O)C#CC(C)(C)OC(C)=O. The van der Waals surface area contributed by atoms with Crippen LogP contribution in [0.25, 0.3) is 0 Å². The van der Waals surface area contributed by atoms with E-state index in [1.54, 1.807) is 13.8 Å². The van der Waals surface area contributed by atoms with E-state index in [2.05, 4.69) is 11.8 Å². The van der Waals surface area contributed by atoms with Crippen molar-refractivity contribution in [1.29, 1.82) is 0 Å². The summed E-state index contributed by atoms with van der Waals surface area (Å²) in [5, 5.41) is 9.82. The van der Waals surface area contributed by atoms with Gasteiger partial charge in [0.15, 0.2) is 9.93 Å². The first-order valence-corrected chi connectivity index (χ1v) is 6.64. The molecule has 0 amide bonds. The summed E-state index contributed by atoms with van der Waals surface area (Å²) in [5.41, 5.74) is -0.971. The van der Waals surface area contributed by atoms with Gasteiger partial charge in [-0.1, -0.05) is 54.8 Å². The van der Waals surface area contributed by atoms with Crippen LogP contribution in [-0.4, -0.2) is 27.1 Å². The van der Waals surface area contributed by atoms with E-state index in [4.69, 9.17) is 27.9 Å². The van der Waals surface area contributed by atoms with Crippen LogP contribution < -0.4 is 0 Å². The molecule has 0 spiro atoms. The summed E-state index contributed by atoms with van der Waals surface area (Å²) in [4.78, 5) is 10.8. The summed E-state index contributed by atoms with van der Waals surface area (Å²) in [6, 6.07) is 0. The minimum absolute atomic E-state index is 0.433. The summed E-state index contributed by atoms with van der Waals surface area (Å²) in [6.07, 6.45) is 1.01. The number of esters is 1. The van der Waals surface area contributed by atoms with Gasteiger partial charge in [0.1, 0.15) is 6.10 Å². The van der Waals surface area contributed by atoms with Gasteiger partial charge in [0.25, 0.3) is 0 Å². The zero-order chi connectivity index (χ0) is 14.4. The van der Waals surface area contributed by atoms with Crippen molar-refractivity contribution in [3.8, 4) is 11.8 Å². The molecule has 0 aliphatic carbocycles. The molecule has 0 bridgehead atoms. The molecule has 0 saturated heterocycles. The molecule has 0 aliphatic heterocycles. The third kappa shape index (κ3) is 7.10. The quantitative estimate of drug-likeness (QED) is 0.482. The van der Waals surface area contributed by atoms with Gasteiger partial charge < -0.3 is 9.84 Å². The molecule has 0 rings (SSSR count). The zero-order valence-corrected chi connectivity index (χ0v) is 12.7. The molecule has 0 heterocycles. The standard InChI is InChI=1S/C13H20Cl2O3/c1-5-6-8-13(14,15)11(17)7-9-12(3,4)18-10(2)16/h11,17H,5-6,8H2,1-4H3/t11-/m1/s1. The molecule has 0 fully saturated rings. The minimum atomic E-state index is -1.30. The van der Waals surface area contributed by atoms with Gasteiger partial charge in [0, 0.05) is 6.92 Å². The lowest BCUT2D eigenvalue weighted by Gasteiger charge is -2.22. The number of halogens is 2. The fraction of sp³-hybridized carbons (Fsp3) is 0.769. The zero-order valence-electron chi connectivity index (χ0n) is 11.2. The van der Waals surface area contributed by atoms with E-state index in [9.17, 15) is 9.90 Å². The summed E-state index contributed by atoms with van der Waals surface area (Å²) >= 11 is 12.0. The normalized spacial score (nSPS) is 13.5. The van der Waals surface area contributed by atoms with Crippen LogP contribution in [0.1, 0.15) is 47.0 Å². The second kappa shape index (κ2) is 7.23. The Morgan fingerprint density at radius 1 is 1.44 bits per heavy atom. The highest BCUT2D eigenvalue weighted by molar-refractivity contribution is 6.49. The van der Waals surface area contributed by atoms with Crippen molar-refractivity contribution in [3.63, 3.8) is 0 Å². The molecule has 18 heavy (non-hydrogen) atoms. The number of hydrogen-bond acceptors (Lipinski definition) is 3. The van der Waals surface area contributed by atoms with Crippen molar-refractivity contribution < 1.29 is 14.6 Å². The fourth-order valence-corrected chi connectivity index (χ4v) is 1.66. The molecule has 1 atom stereocenters. The number of carbonyl (C=O) groups is 1. The maximum Gasteiger partial charge on any atom is 0.304 e. The Bertz CT molecular complexity index is 340. The number of ether oxygens (including phenoxy) is 1. The highest BCUT2D eigenvalue weighted by Crippen LogP contribution is 2.31. The van der Waals surface area contributed by atoms with Crippen molar-refractivity contribution in [1.82, 2.24) is 0 Å². The van der Waals surface area contributed by atoms with E-state index >= 15 is 0 Å². The van der Waals surface area contributed by atoms with E-state index in [0.29, 0.717) is 6.42 Å². The van der Waals surface area contributed by atoms with Crippen LogP contribution in [0.2, 0.25) is 0 Å². The van der Waals surface area contributed by atoms with Crippen molar-refractivity contribution in [2.45, 2.75) is 63.0 Å². The second-order valence-electron chi connectivity index (χ2n) is 4.64. The predicted octanol–water partition coefficient (Wildman–Crippen LogP) is 3.06. The van der Waals surface area contributed by atoms with Crippen LogP contribution in [0.15, 0.2) is 0 Å². The van der Waals surface area contributed by atoms with Gasteiger partial charge in [-0.3, -0.25) is 4.79 Å². The van der Waals surface area contributed by atoms with Gasteiger partial charge in [0.2, 0.25) is 0 Å². The number of carbonyl (C=O) groups excluding carboxylic acids is 1. The Hall–Kier alpha value is -0.430. The summed E-state index contributed by atoms with van der Waals surface area (Å²) < 4.78 is 3.68. The van der Waals surface area contributed by atoms with E-state index in [1.165, 1.54) is 6.92 Å². The molecule has 0 radical (unpaired) electrons. The summed E-state index contributed by atoms with van der Waals surface area (Å²) in [6.45, 7) is 6.56. The minimum Gasteiger partial charge on any atom is -0.447 e. The number of hydrogen-bond donors (Lipinski definition) is 1. The Morgan fingerprint density at radius 2 is 2.00 bits per heavy atom. The predicted molar refractivity (Wildman–Crippen MR) is 73.6 cm³/mol. The van der Waals surface area contributed by atoms with E-state index in [1.807, 2.05) is 6.92 Å². The smallest absolute Gasteiger partial charge is 0.304 e. The van der Waals surface area contributed by atoms with Gasteiger partial charge >= 0.3 is 5.97 Å². The Morgan fingerprint density at radius 3 is 2.44 bits per heavy atom. The van der Waals surface area contributed by atoms with E-state index in [0.717, 1.165) is 12.8 Å². The highest BCUT2D eigenvalue weighted by Gasteiger charge is 2.32. The summed E-state index contributed by atoms with van der Waals surface area (Å²) in [7, 11) is 0. The molecule has 0 saturated carbocycles. The summed E-state index contributed by atoms with van der Waals surface area (Å²) in [5.74, 6) is 4.77. The lowest BCUT2D eigenvalue weighted by atomic mass is 10.1. The maximum atomic E-state index is 10.8. The van der Waals surface area contributed by atoms with Gasteiger partial charge in [0.05, 0.1) is 0 Å². The number of rotatable bonds is 5. The van der Waals surface area contributed by atoms with E-state index in [-0.39, 0.29) is 0 Å². The number of aliphatic hydroxyl groups excluding tert-OH is 1. The van der Waals surface area contributed by atoms with Crippen LogP contribution in [0, 0.1) is 11.8 Å².